The molecule has 2 aliphatic carbocycles. The van der Waals surface area contributed by atoms with Gasteiger partial charge in [-0.25, -0.2) is 0 Å². The Balaban J connectivity index is 1.77. The zero-order chi connectivity index (χ0) is 20.5. The van der Waals surface area contributed by atoms with E-state index in [1.165, 1.54) is 0 Å². The van der Waals surface area contributed by atoms with Crippen LogP contribution in [0.4, 0.5) is 0 Å². The van der Waals surface area contributed by atoms with Crippen molar-refractivity contribution in [2.75, 3.05) is 13.2 Å². The van der Waals surface area contributed by atoms with Crippen molar-refractivity contribution in [2.45, 2.75) is 84.8 Å². The maximum atomic E-state index is 12.5. The quantitative estimate of drug-likeness (QED) is 0.516. The molecule has 6 heteroatoms. The lowest BCUT2D eigenvalue weighted by Crippen LogP contribution is -2.52. The third kappa shape index (κ3) is 5.67. The highest BCUT2D eigenvalue weighted by Gasteiger charge is 2.42. The molecule has 0 aromatic rings. The molecule has 6 nitrogen and oxygen atoms in total. The van der Waals surface area contributed by atoms with Crippen molar-refractivity contribution in [1.82, 2.24) is 10.6 Å². The van der Waals surface area contributed by atoms with Gasteiger partial charge in [0.2, 0.25) is 11.8 Å². The minimum Gasteiger partial charge on any atom is -0.394 e. The SMILES string of the molecule is CC(C)(C)C(=O)N[C@H](CO)C1CC(CC(C)(C)C(=O)NCC2(O)CCC2)C1. The number of aliphatic hydroxyl groups excluding tert-OH is 1. The lowest BCUT2D eigenvalue weighted by Gasteiger charge is -2.43. The summed E-state index contributed by atoms with van der Waals surface area (Å²) in [5, 5.41) is 25.7. The molecular formula is C21H38N2O4. The summed E-state index contributed by atoms with van der Waals surface area (Å²) in [5.41, 5.74) is -1.66. The van der Waals surface area contributed by atoms with Crippen molar-refractivity contribution in [3.63, 3.8) is 0 Å². The molecular weight excluding hydrogens is 344 g/mol. The summed E-state index contributed by atoms with van der Waals surface area (Å²) in [6.07, 6.45) is 5.16. The van der Waals surface area contributed by atoms with E-state index in [9.17, 15) is 19.8 Å². The number of carbonyl (C=O) groups is 2. The van der Waals surface area contributed by atoms with Gasteiger partial charge in [0.1, 0.15) is 0 Å². The number of carbonyl (C=O) groups excluding carboxylic acids is 2. The van der Waals surface area contributed by atoms with Crippen LogP contribution in [0.1, 0.15) is 73.1 Å². The number of aliphatic hydroxyl groups is 2. The van der Waals surface area contributed by atoms with E-state index in [1.54, 1.807) is 0 Å². The van der Waals surface area contributed by atoms with E-state index in [-0.39, 0.29) is 30.4 Å². The first kappa shape index (κ1) is 22.2. The predicted octanol–water partition coefficient (Wildman–Crippen LogP) is 1.98. The molecule has 0 spiro atoms. The number of hydrogen-bond donors (Lipinski definition) is 4. The van der Waals surface area contributed by atoms with Gasteiger partial charge in [0.05, 0.1) is 18.2 Å². The van der Waals surface area contributed by atoms with Crippen LogP contribution in [0.25, 0.3) is 0 Å². The third-order valence-corrected chi connectivity index (χ3v) is 6.31. The Morgan fingerprint density at radius 2 is 1.70 bits per heavy atom. The second-order valence-corrected chi connectivity index (χ2v) is 10.5. The normalized spacial score (nSPS) is 25.7. The van der Waals surface area contributed by atoms with Crippen molar-refractivity contribution < 1.29 is 19.8 Å². The van der Waals surface area contributed by atoms with E-state index in [1.807, 2.05) is 34.6 Å². The summed E-state index contributed by atoms with van der Waals surface area (Å²) in [6, 6.07) is -0.210. The van der Waals surface area contributed by atoms with Crippen LogP contribution < -0.4 is 10.6 Å². The van der Waals surface area contributed by atoms with Crippen LogP contribution in [0.2, 0.25) is 0 Å². The Morgan fingerprint density at radius 3 is 2.15 bits per heavy atom. The van der Waals surface area contributed by atoms with Crippen molar-refractivity contribution in [3.8, 4) is 0 Å². The molecule has 1 atom stereocenters. The Morgan fingerprint density at radius 1 is 1.11 bits per heavy atom. The molecule has 2 saturated carbocycles. The highest BCUT2D eigenvalue weighted by atomic mass is 16.3. The van der Waals surface area contributed by atoms with Gasteiger partial charge in [-0.2, -0.15) is 0 Å². The van der Waals surface area contributed by atoms with Crippen molar-refractivity contribution >= 4 is 11.8 Å². The topological polar surface area (TPSA) is 98.7 Å². The van der Waals surface area contributed by atoms with Gasteiger partial charge in [-0.1, -0.05) is 34.6 Å². The van der Waals surface area contributed by atoms with E-state index >= 15 is 0 Å². The molecule has 0 unspecified atom stereocenters. The van der Waals surface area contributed by atoms with Gasteiger partial charge >= 0.3 is 0 Å². The van der Waals surface area contributed by atoms with E-state index in [0.717, 1.165) is 38.5 Å². The molecule has 0 aromatic heterocycles. The fourth-order valence-corrected chi connectivity index (χ4v) is 4.04. The Kier molecular flexibility index (Phi) is 6.63. The van der Waals surface area contributed by atoms with E-state index in [4.69, 9.17) is 0 Å². The van der Waals surface area contributed by atoms with Gasteiger partial charge in [-0.3, -0.25) is 9.59 Å². The van der Waals surface area contributed by atoms with Crippen LogP contribution in [0, 0.1) is 22.7 Å². The summed E-state index contributed by atoms with van der Waals surface area (Å²) < 4.78 is 0. The maximum absolute atomic E-state index is 12.5. The molecule has 2 aliphatic rings. The first-order chi connectivity index (χ1) is 12.4. The van der Waals surface area contributed by atoms with Crippen LogP contribution in [0.5, 0.6) is 0 Å². The Hall–Kier alpha value is -1.14. The molecule has 0 aromatic carbocycles. The predicted molar refractivity (Wildman–Crippen MR) is 105 cm³/mol. The molecule has 0 heterocycles. The van der Waals surface area contributed by atoms with Crippen molar-refractivity contribution in [2.24, 2.45) is 22.7 Å². The molecule has 156 valence electrons. The molecule has 0 aliphatic heterocycles. The lowest BCUT2D eigenvalue weighted by atomic mass is 9.65. The molecule has 4 N–H and O–H groups in total. The largest absolute Gasteiger partial charge is 0.394 e. The van der Waals surface area contributed by atoms with Crippen LogP contribution >= 0.6 is 0 Å². The molecule has 2 fully saturated rings. The lowest BCUT2D eigenvalue weighted by molar-refractivity contribution is -0.133. The minimum absolute atomic E-state index is 0.00832. The van der Waals surface area contributed by atoms with Gasteiger partial charge in [-0.05, 0) is 50.4 Å². The van der Waals surface area contributed by atoms with Crippen LogP contribution in [0.3, 0.4) is 0 Å². The van der Waals surface area contributed by atoms with Crippen LogP contribution in [-0.2, 0) is 9.59 Å². The van der Waals surface area contributed by atoms with Crippen molar-refractivity contribution in [1.29, 1.82) is 0 Å². The smallest absolute Gasteiger partial charge is 0.225 e. The fraction of sp³-hybridized carbons (Fsp3) is 0.905. The monoisotopic (exact) mass is 382 g/mol. The second-order valence-electron chi connectivity index (χ2n) is 10.5. The fourth-order valence-electron chi connectivity index (χ4n) is 4.04. The molecule has 0 saturated heterocycles. The summed E-state index contributed by atoms with van der Waals surface area (Å²) in [7, 11) is 0. The molecule has 2 rings (SSSR count). The zero-order valence-electron chi connectivity index (χ0n) is 17.6. The summed E-state index contributed by atoms with van der Waals surface area (Å²) in [6.45, 7) is 9.77. The Bertz CT molecular complexity index is 543. The number of nitrogens with one attached hydrogen (secondary N) is 2. The first-order valence-corrected chi connectivity index (χ1v) is 10.3. The van der Waals surface area contributed by atoms with Gasteiger partial charge in [0, 0.05) is 17.4 Å². The van der Waals surface area contributed by atoms with E-state index in [2.05, 4.69) is 10.6 Å². The molecule has 2 amide bonds. The average molecular weight is 383 g/mol. The number of rotatable bonds is 8. The summed E-state index contributed by atoms with van der Waals surface area (Å²) >= 11 is 0. The molecule has 0 bridgehead atoms. The van der Waals surface area contributed by atoms with Gasteiger partial charge in [0.15, 0.2) is 0 Å². The highest BCUT2D eigenvalue weighted by Crippen LogP contribution is 2.43. The van der Waals surface area contributed by atoms with Gasteiger partial charge in [-0.15, -0.1) is 0 Å². The van der Waals surface area contributed by atoms with Gasteiger partial charge in [0.25, 0.3) is 0 Å². The summed E-state index contributed by atoms with van der Waals surface area (Å²) in [4.78, 5) is 24.7. The van der Waals surface area contributed by atoms with Crippen LogP contribution in [-0.4, -0.2) is 46.8 Å². The Labute approximate surface area is 163 Å². The first-order valence-electron chi connectivity index (χ1n) is 10.3. The third-order valence-electron chi connectivity index (χ3n) is 6.31. The number of amides is 2. The summed E-state index contributed by atoms with van der Waals surface area (Å²) in [5.74, 6) is 0.633. The highest BCUT2D eigenvalue weighted by molar-refractivity contribution is 5.82. The van der Waals surface area contributed by atoms with Gasteiger partial charge < -0.3 is 20.8 Å². The second kappa shape index (κ2) is 8.08. The maximum Gasteiger partial charge on any atom is 0.225 e. The molecule has 27 heavy (non-hydrogen) atoms. The zero-order valence-corrected chi connectivity index (χ0v) is 17.6. The van der Waals surface area contributed by atoms with Crippen LogP contribution in [0.15, 0.2) is 0 Å². The average Bonchev–Trinajstić information content (AvgIpc) is 2.50. The van der Waals surface area contributed by atoms with Crippen molar-refractivity contribution in [3.05, 3.63) is 0 Å². The van der Waals surface area contributed by atoms with E-state index < -0.39 is 16.4 Å². The number of hydrogen-bond acceptors (Lipinski definition) is 4. The minimum atomic E-state index is -0.701. The standard InChI is InChI=1S/C21H38N2O4/c1-19(2,3)17(25)23-16(12-24)15-9-14(10-15)11-20(4,5)18(26)22-13-21(27)7-6-8-21/h14-16,24,27H,6-13H2,1-5H3,(H,22,26)(H,23,25)/t14?,15?,16-/m1/s1. The van der Waals surface area contributed by atoms with E-state index in [0.29, 0.717) is 12.5 Å². The molecule has 0 radical (unpaired) electrons.